The molecule has 2 heteroatoms. The third-order valence-electron chi connectivity index (χ3n) is 2.64. The maximum Gasteiger partial charge on any atom is 0.122 e. The average Bonchev–Trinajstić information content (AvgIpc) is 2.21. The molecule has 0 aromatic heterocycles. The van der Waals surface area contributed by atoms with Crippen molar-refractivity contribution in [2.24, 2.45) is 5.92 Å². The first-order valence-electron chi connectivity index (χ1n) is 6.43. The molecule has 0 aliphatic rings. The van der Waals surface area contributed by atoms with E-state index < -0.39 is 0 Å². The van der Waals surface area contributed by atoms with Crippen LogP contribution >= 0.6 is 0 Å². The fraction of sp³-hybridized carbons (Fsp3) is 0.600. The van der Waals surface area contributed by atoms with Crippen LogP contribution in [-0.2, 0) is 0 Å². The number of aryl methyl sites for hydroxylation is 2. The van der Waals surface area contributed by atoms with Crippen molar-refractivity contribution < 1.29 is 4.74 Å². The van der Waals surface area contributed by atoms with Gasteiger partial charge in [-0.2, -0.15) is 0 Å². The summed E-state index contributed by atoms with van der Waals surface area (Å²) in [4.78, 5) is 0. The minimum absolute atomic E-state index is 0.204. The molecule has 1 aromatic rings. The molecule has 1 unspecified atom stereocenters. The fourth-order valence-electron chi connectivity index (χ4n) is 1.77. The number of hydrogen-bond donors (Lipinski definition) is 1. The quantitative estimate of drug-likeness (QED) is 0.816. The molecule has 1 atom stereocenters. The molecule has 0 spiro atoms. The van der Waals surface area contributed by atoms with E-state index in [1.165, 1.54) is 11.1 Å². The molecule has 0 saturated heterocycles. The molecular formula is C15H25NO. The molecule has 1 N–H and O–H groups in total. The summed E-state index contributed by atoms with van der Waals surface area (Å²) in [6.07, 6.45) is 0.204. The van der Waals surface area contributed by atoms with Crippen LogP contribution in [0.4, 0.5) is 0 Å². The average molecular weight is 235 g/mol. The van der Waals surface area contributed by atoms with Gasteiger partial charge in [-0.05, 0) is 44.9 Å². The van der Waals surface area contributed by atoms with Gasteiger partial charge < -0.3 is 10.1 Å². The molecule has 0 bridgehead atoms. The summed E-state index contributed by atoms with van der Waals surface area (Å²) in [7, 11) is 0. The molecule has 0 fully saturated rings. The van der Waals surface area contributed by atoms with Gasteiger partial charge in [0, 0.05) is 6.54 Å². The van der Waals surface area contributed by atoms with Gasteiger partial charge in [-0.3, -0.25) is 0 Å². The summed E-state index contributed by atoms with van der Waals surface area (Å²) in [5.41, 5.74) is 2.49. The van der Waals surface area contributed by atoms with Crippen LogP contribution in [0, 0.1) is 19.8 Å². The molecule has 0 radical (unpaired) electrons. The van der Waals surface area contributed by atoms with E-state index in [1.54, 1.807) is 0 Å². The number of hydrogen-bond acceptors (Lipinski definition) is 2. The van der Waals surface area contributed by atoms with E-state index >= 15 is 0 Å². The third-order valence-corrected chi connectivity index (χ3v) is 2.64. The molecule has 1 aromatic carbocycles. The zero-order chi connectivity index (χ0) is 12.8. The van der Waals surface area contributed by atoms with Gasteiger partial charge in [0.25, 0.3) is 0 Å². The van der Waals surface area contributed by atoms with Crippen molar-refractivity contribution in [3.63, 3.8) is 0 Å². The summed E-state index contributed by atoms with van der Waals surface area (Å²) in [5.74, 6) is 1.68. The van der Waals surface area contributed by atoms with Gasteiger partial charge in [0.15, 0.2) is 0 Å². The summed E-state index contributed by atoms with van der Waals surface area (Å²) in [6, 6.07) is 6.31. The van der Waals surface area contributed by atoms with Crippen LogP contribution in [0.15, 0.2) is 18.2 Å². The Morgan fingerprint density at radius 3 is 2.41 bits per heavy atom. The Hall–Kier alpha value is -1.02. The highest BCUT2D eigenvalue weighted by molar-refractivity contribution is 5.35. The van der Waals surface area contributed by atoms with Gasteiger partial charge >= 0.3 is 0 Å². The minimum Gasteiger partial charge on any atom is -0.489 e. The van der Waals surface area contributed by atoms with E-state index in [0.29, 0.717) is 5.92 Å². The Balaban J connectivity index is 2.42. The lowest BCUT2D eigenvalue weighted by molar-refractivity contribution is 0.214. The molecule has 17 heavy (non-hydrogen) atoms. The number of benzene rings is 1. The summed E-state index contributed by atoms with van der Waals surface area (Å²) in [6.45, 7) is 12.7. The predicted molar refractivity (Wildman–Crippen MR) is 73.7 cm³/mol. The smallest absolute Gasteiger partial charge is 0.122 e. The first-order valence-corrected chi connectivity index (χ1v) is 6.43. The molecule has 0 saturated carbocycles. The van der Waals surface area contributed by atoms with Gasteiger partial charge in [-0.25, -0.2) is 0 Å². The molecule has 1 rings (SSSR count). The number of nitrogens with one attached hydrogen (secondary N) is 1. The Morgan fingerprint density at radius 2 is 1.82 bits per heavy atom. The van der Waals surface area contributed by atoms with Crippen molar-refractivity contribution in [3.05, 3.63) is 29.3 Å². The predicted octanol–water partition coefficient (Wildman–Crippen LogP) is 3.32. The fourth-order valence-corrected chi connectivity index (χ4v) is 1.77. The van der Waals surface area contributed by atoms with Crippen molar-refractivity contribution in [2.75, 3.05) is 13.1 Å². The van der Waals surface area contributed by atoms with E-state index in [0.717, 1.165) is 18.8 Å². The Morgan fingerprint density at radius 1 is 1.12 bits per heavy atom. The Bertz CT molecular complexity index is 347. The lowest BCUT2D eigenvalue weighted by atomic mass is 10.1. The van der Waals surface area contributed by atoms with Gasteiger partial charge in [0.1, 0.15) is 11.9 Å². The second-order valence-corrected chi connectivity index (χ2v) is 5.25. The SMILES string of the molecule is Cc1ccc(OC(C)CNCC(C)C)c(C)c1. The lowest BCUT2D eigenvalue weighted by Crippen LogP contribution is -2.31. The van der Waals surface area contributed by atoms with E-state index in [9.17, 15) is 0 Å². The van der Waals surface area contributed by atoms with E-state index in [1.807, 2.05) is 0 Å². The van der Waals surface area contributed by atoms with Crippen molar-refractivity contribution in [1.82, 2.24) is 5.32 Å². The van der Waals surface area contributed by atoms with Crippen molar-refractivity contribution in [1.29, 1.82) is 0 Å². The number of ether oxygens (including phenoxy) is 1. The standard InChI is InChI=1S/C15H25NO/c1-11(2)9-16-10-14(5)17-15-7-6-12(3)8-13(15)4/h6-8,11,14,16H,9-10H2,1-5H3. The van der Waals surface area contributed by atoms with Gasteiger partial charge in [-0.15, -0.1) is 0 Å². The molecule has 0 amide bonds. The van der Waals surface area contributed by atoms with E-state index in [4.69, 9.17) is 4.74 Å². The van der Waals surface area contributed by atoms with E-state index in [-0.39, 0.29) is 6.10 Å². The summed E-state index contributed by atoms with van der Waals surface area (Å²) in [5, 5.41) is 3.41. The van der Waals surface area contributed by atoms with Crippen molar-refractivity contribution in [2.45, 2.75) is 40.7 Å². The van der Waals surface area contributed by atoms with Crippen molar-refractivity contribution in [3.8, 4) is 5.75 Å². The Kier molecular flexibility index (Phi) is 5.49. The van der Waals surface area contributed by atoms with Crippen LogP contribution in [0.5, 0.6) is 5.75 Å². The first-order chi connectivity index (χ1) is 7.99. The van der Waals surface area contributed by atoms with Crippen LogP contribution in [0.25, 0.3) is 0 Å². The third kappa shape index (κ3) is 5.22. The topological polar surface area (TPSA) is 21.3 Å². The molecule has 0 heterocycles. The second kappa shape index (κ2) is 6.65. The minimum atomic E-state index is 0.204. The molecular weight excluding hydrogens is 210 g/mol. The maximum atomic E-state index is 5.92. The monoisotopic (exact) mass is 235 g/mol. The molecule has 0 aliphatic heterocycles. The summed E-state index contributed by atoms with van der Waals surface area (Å²) < 4.78 is 5.92. The van der Waals surface area contributed by atoms with Crippen LogP contribution in [-0.4, -0.2) is 19.2 Å². The Labute approximate surface area is 105 Å². The van der Waals surface area contributed by atoms with Gasteiger partial charge in [0.05, 0.1) is 0 Å². The molecule has 2 nitrogen and oxygen atoms in total. The van der Waals surface area contributed by atoms with Crippen LogP contribution < -0.4 is 10.1 Å². The highest BCUT2D eigenvalue weighted by Crippen LogP contribution is 2.19. The molecule has 96 valence electrons. The first kappa shape index (κ1) is 14.0. The van der Waals surface area contributed by atoms with Crippen LogP contribution in [0.1, 0.15) is 31.9 Å². The molecule has 0 aliphatic carbocycles. The van der Waals surface area contributed by atoms with Crippen LogP contribution in [0.2, 0.25) is 0 Å². The highest BCUT2D eigenvalue weighted by Gasteiger charge is 2.06. The highest BCUT2D eigenvalue weighted by atomic mass is 16.5. The largest absolute Gasteiger partial charge is 0.489 e. The van der Waals surface area contributed by atoms with E-state index in [2.05, 4.69) is 58.1 Å². The summed E-state index contributed by atoms with van der Waals surface area (Å²) >= 11 is 0. The second-order valence-electron chi connectivity index (χ2n) is 5.25. The van der Waals surface area contributed by atoms with Gasteiger partial charge in [-0.1, -0.05) is 31.5 Å². The van der Waals surface area contributed by atoms with Gasteiger partial charge in [0.2, 0.25) is 0 Å². The normalized spacial score (nSPS) is 12.8. The zero-order valence-electron chi connectivity index (χ0n) is 11.7. The zero-order valence-corrected chi connectivity index (χ0v) is 11.7. The van der Waals surface area contributed by atoms with Crippen LogP contribution in [0.3, 0.4) is 0 Å². The maximum absolute atomic E-state index is 5.92. The van der Waals surface area contributed by atoms with Crippen molar-refractivity contribution >= 4 is 0 Å². The number of rotatable bonds is 6. The lowest BCUT2D eigenvalue weighted by Gasteiger charge is -2.18.